The van der Waals surface area contributed by atoms with Crippen LogP contribution in [0.2, 0.25) is 0 Å². The van der Waals surface area contributed by atoms with Gasteiger partial charge in [0.25, 0.3) is 0 Å². The van der Waals surface area contributed by atoms with E-state index in [2.05, 4.69) is 20.3 Å². The molecule has 1 rings (SSSR count). The van der Waals surface area contributed by atoms with Gasteiger partial charge in [-0.1, -0.05) is 0 Å². The van der Waals surface area contributed by atoms with Gasteiger partial charge in [0.15, 0.2) is 5.96 Å². The molecule has 0 bridgehead atoms. The third-order valence-electron chi connectivity index (χ3n) is 3.03. The molecule has 0 aliphatic rings. The molecule has 0 radical (unpaired) electrons. The summed E-state index contributed by atoms with van der Waals surface area (Å²) in [5, 5.41) is 5.83. The molecule has 1 aromatic carbocycles. The third-order valence-corrected chi connectivity index (χ3v) is 4.43. The monoisotopic (exact) mass is 348 g/mol. The summed E-state index contributed by atoms with van der Waals surface area (Å²) in [4.78, 5) is 3.96. The van der Waals surface area contributed by atoms with Crippen LogP contribution in [0.5, 0.6) is 0 Å². The molecular formula is C14H22F2N4O2S. The normalized spacial score (nSPS) is 12.3. The molecule has 23 heavy (non-hydrogen) atoms. The Morgan fingerprint density at radius 1 is 1.22 bits per heavy atom. The Kier molecular flexibility index (Phi) is 7.90. The summed E-state index contributed by atoms with van der Waals surface area (Å²) in [6, 6.07) is 3.25. The first-order valence-electron chi connectivity index (χ1n) is 7.23. The van der Waals surface area contributed by atoms with E-state index in [1.165, 1.54) is 0 Å². The fraction of sp³-hybridized carbons (Fsp3) is 0.500. The van der Waals surface area contributed by atoms with E-state index < -0.39 is 21.7 Å². The van der Waals surface area contributed by atoms with E-state index >= 15 is 0 Å². The Bertz CT molecular complexity index is 636. The Labute approximate surface area is 135 Å². The molecule has 0 aliphatic heterocycles. The number of nitrogens with zero attached hydrogens (tertiary/aromatic N) is 1. The molecule has 3 N–H and O–H groups in total. The minimum Gasteiger partial charge on any atom is -0.356 e. The van der Waals surface area contributed by atoms with Crippen LogP contribution in [0.3, 0.4) is 0 Å². The third kappa shape index (κ3) is 7.38. The molecule has 0 spiro atoms. The van der Waals surface area contributed by atoms with Gasteiger partial charge in [0.1, 0.15) is 11.6 Å². The number of aliphatic imine (C=N–C) groups is 1. The van der Waals surface area contributed by atoms with Crippen molar-refractivity contribution in [2.24, 2.45) is 4.99 Å². The molecule has 0 fully saturated rings. The highest BCUT2D eigenvalue weighted by molar-refractivity contribution is 7.89. The summed E-state index contributed by atoms with van der Waals surface area (Å²) in [5.74, 6) is -0.534. The first-order valence-corrected chi connectivity index (χ1v) is 8.89. The van der Waals surface area contributed by atoms with Gasteiger partial charge in [-0.2, -0.15) is 0 Å². The van der Waals surface area contributed by atoms with Crippen molar-refractivity contribution in [2.75, 3.05) is 25.9 Å². The lowest BCUT2D eigenvalue weighted by Gasteiger charge is -2.12. The van der Waals surface area contributed by atoms with Crippen LogP contribution in [0.25, 0.3) is 0 Å². The van der Waals surface area contributed by atoms with Crippen molar-refractivity contribution in [1.29, 1.82) is 0 Å². The van der Waals surface area contributed by atoms with Crippen molar-refractivity contribution in [1.82, 2.24) is 15.4 Å². The predicted octanol–water partition coefficient (Wildman–Crippen LogP) is 0.959. The average Bonchev–Trinajstić information content (AvgIpc) is 2.53. The van der Waals surface area contributed by atoms with Crippen LogP contribution < -0.4 is 15.4 Å². The second-order valence-electron chi connectivity index (χ2n) is 4.74. The topological polar surface area (TPSA) is 82.6 Å². The summed E-state index contributed by atoms with van der Waals surface area (Å²) >= 11 is 0. The summed E-state index contributed by atoms with van der Waals surface area (Å²) < 4.78 is 51.5. The number of sulfonamides is 1. The second-order valence-corrected chi connectivity index (χ2v) is 6.84. The van der Waals surface area contributed by atoms with Crippen LogP contribution in [0.15, 0.2) is 23.2 Å². The van der Waals surface area contributed by atoms with Crippen molar-refractivity contribution >= 4 is 16.0 Å². The number of nitrogens with one attached hydrogen (secondary N) is 3. The Balaban J connectivity index is 2.34. The SMILES string of the molecule is CCS(=O)(=O)NCCCNC(=NC)NCc1cc(F)ccc1F. The molecule has 0 aromatic heterocycles. The molecule has 9 heteroatoms. The lowest BCUT2D eigenvalue weighted by Crippen LogP contribution is -2.38. The zero-order valence-corrected chi connectivity index (χ0v) is 14.0. The van der Waals surface area contributed by atoms with E-state index in [1.807, 2.05) is 0 Å². The van der Waals surface area contributed by atoms with E-state index in [-0.39, 0.29) is 17.9 Å². The van der Waals surface area contributed by atoms with Gasteiger partial charge in [-0.05, 0) is 31.5 Å². The summed E-state index contributed by atoms with van der Waals surface area (Å²) in [6.07, 6.45) is 0.564. The largest absolute Gasteiger partial charge is 0.356 e. The fourth-order valence-electron chi connectivity index (χ4n) is 1.70. The predicted molar refractivity (Wildman–Crippen MR) is 86.6 cm³/mol. The number of hydrogen-bond donors (Lipinski definition) is 3. The smallest absolute Gasteiger partial charge is 0.211 e. The van der Waals surface area contributed by atoms with Crippen LogP contribution >= 0.6 is 0 Å². The number of halogens is 2. The van der Waals surface area contributed by atoms with Gasteiger partial charge in [0, 0.05) is 32.2 Å². The first kappa shape index (κ1) is 19.3. The molecule has 0 amide bonds. The molecule has 0 unspecified atom stereocenters. The zero-order chi connectivity index (χ0) is 17.3. The lowest BCUT2D eigenvalue weighted by atomic mass is 10.2. The molecule has 0 aliphatic carbocycles. The summed E-state index contributed by atoms with van der Waals surface area (Å²) in [6.45, 7) is 2.46. The van der Waals surface area contributed by atoms with Gasteiger partial charge in [-0.3, -0.25) is 4.99 Å². The molecule has 0 saturated carbocycles. The van der Waals surface area contributed by atoms with Crippen molar-refractivity contribution in [3.63, 3.8) is 0 Å². The molecule has 0 heterocycles. The van der Waals surface area contributed by atoms with Crippen LogP contribution in [0, 0.1) is 11.6 Å². The Hall–Kier alpha value is -1.74. The van der Waals surface area contributed by atoms with Crippen molar-refractivity contribution in [2.45, 2.75) is 19.9 Å². The van der Waals surface area contributed by atoms with Crippen LogP contribution in [0.4, 0.5) is 8.78 Å². The maximum Gasteiger partial charge on any atom is 0.211 e. The second kappa shape index (κ2) is 9.41. The van der Waals surface area contributed by atoms with Crippen LogP contribution in [0.1, 0.15) is 18.9 Å². The fourth-order valence-corrected chi connectivity index (χ4v) is 2.36. The first-order chi connectivity index (χ1) is 10.9. The number of hydrogen-bond acceptors (Lipinski definition) is 3. The maximum absolute atomic E-state index is 13.5. The van der Waals surface area contributed by atoms with E-state index in [4.69, 9.17) is 0 Å². The van der Waals surface area contributed by atoms with Gasteiger partial charge < -0.3 is 10.6 Å². The molecule has 0 saturated heterocycles. The average molecular weight is 348 g/mol. The van der Waals surface area contributed by atoms with E-state index in [0.29, 0.717) is 25.5 Å². The molecular weight excluding hydrogens is 326 g/mol. The minimum atomic E-state index is -3.18. The maximum atomic E-state index is 13.5. The van der Waals surface area contributed by atoms with Gasteiger partial charge in [0.05, 0.1) is 5.75 Å². The van der Waals surface area contributed by atoms with Crippen molar-refractivity contribution in [3.8, 4) is 0 Å². The summed E-state index contributed by atoms with van der Waals surface area (Å²) in [5.41, 5.74) is 0.198. The van der Waals surface area contributed by atoms with E-state index in [1.54, 1.807) is 14.0 Å². The van der Waals surface area contributed by atoms with Crippen molar-refractivity contribution < 1.29 is 17.2 Å². The molecule has 130 valence electrons. The number of guanidine groups is 1. The van der Waals surface area contributed by atoms with Gasteiger partial charge in [-0.25, -0.2) is 21.9 Å². The lowest BCUT2D eigenvalue weighted by molar-refractivity contribution is 0.578. The Morgan fingerprint density at radius 2 is 1.96 bits per heavy atom. The molecule has 0 atom stereocenters. The van der Waals surface area contributed by atoms with Gasteiger partial charge in [-0.15, -0.1) is 0 Å². The van der Waals surface area contributed by atoms with Crippen LogP contribution in [-0.2, 0) is 16.6 Å². The number of benzene rings is 1. The van der Waals surface area contributed by atoms with Crippen LogP contribution in [-0.4, -0.2) is 40.3 Å². The summed E-state index contributed by atoms with van der Waals surface area (Å²) in [7, 11) is -1.63. The van der Waals surface area contributed by atoms with E-state index in [9.17, 15) is 17.2 Å². The quantitative estimate of drug-likeness (QED) is 0.371. The van der Waals surface area contributed by atoms with Gasteiger partial charge >= 0.3 is 0 Å². The zero-order valence-electron chi connectivity index (χ0n) is 13.2. The highest BCUT2D eigenvalue weighted by Crippen LogP contribution is 2.08. The number of rotatable bonds is 8. The minimum absolute atomic E-state index is 0.0445. The highest BCUT2D eigenvalue weighted by atomic mass is 32.2. The molecule has 6 nitrogen and oxygen atoms in total. The van der Waals surface area contributed by atoms with Crippen molar-refractivity contribution in [3.05, 3.63) is 35.4 Å². The van der Waals surface area contributed by atoms with E-state index in [0.717, 1.165) is 18.2 Å². The standard InChI is InChI=1S/C14H22F2N4O2S/c1-3-23(21,22)20-8-4-7-18-14(17-2)19-10-11-9-12(15)5-6-13(11)16/h5-6,9,20H,3-4,7-8,10H2,1-2H3,(H2,17,18,19). The van der Waals surface area contributed by atoms with Gasteiger partial charge in [0.2, 0.25) is 10.0 Å². The Morgan fingerprint density at radius 3 is 2.61 bits per heavy atom. The highest BCUT2D eigenvalue weighted by Gasteiger charge is 2.06. The molecule has 1 aromatic rings.